The molecule has 2 unspecified atom stereocenters. The Morgan fingerprint density at radius 3 is 2.65 bits per heavy atom. The Morgan fingerprint density at radius 2 is 2.13 bits per heavy atom. The normalized spacial score (nSPS) is 20.7. The van der Waals surface area contributed by atoms with Crippen LogP contribution in [0.1, 0.15) is 22.8 Å². The second kappa shape index (κ2) is 7.63. The molecule has 2 atom stereocenters. The summed E-state index contributed by atoms with van der Waals surface area (Å²) >= 11 is 0. The highest BCUT2D eigenvalue weighted by Gasteiger charge is 2.25. The Hall–Kier alpha value is -1.83. The Balaban J connectivity index is 2.21. The number of carbonyl (C=O) groups is 1. The zero-order valence-corrected chi connectivity index (χ0v) is 14.0. The second-order valence-electron chi connectivity index (χ2n) is 5.93. The van der Waals surface area contributed by atoms with Crippen molar-refractivity contribution in [2.24, 2.45) is 5.92 Å². The number of nitrogens with zero attached hydrogens (tertiary/aromatic N) is 1. The first-order chi connectivity index (χ1) is 11.0. The zero-order chi connectivity index (χ0) is 17.0. The Morgan fingerprint density at radius 1 is 1.39 bits per heavy atom. The number of benzene rings is 1. The van der Waals surface area contributed by atoms with E-state index in [1.807, 2.05) is 7.05 Å². The fraction of sp³-hybridized carbons (Fsp3) is 0.562. The van der Waals surface area contributed by atoms with Crippen LogP contribution in [0.15, 0.2) is 12.1 Å². The van der Waals surface area contributed by atoms with Crippen LogP contribution in [0, 0.1) is 5.92 Å². The number of ether oxygens (including phenoxy) is 2. The topological polar surface area (TPSA) is 83.1 Å². The lowest BCUT2D eigenvalue weighted by Crippen LogP contribution is -2.33. The highest BCUT2D eigenvalue weighted by Crippen LogP contribution is 2.30. The number of hydrazine groups is 1. The first kappa shape index (κ1) is 17.5. The van der Waals surface area contributed by atoms with Crippen LogP contribution in [0.5, 0.6) is 11.5 Å². The number of aromatic carboxylic acids is 1. The molecule has 2 rings (SSSR count). The minimum absolute atomic E-state index is 0.212. The monoisotopic (exact) mass is 323 g/mol. The largest absolute Gasteiger partial charge is 0.497 e. The van der Waals surface area contributed by atoms with E-state index in [1.165, 1.54) is 20.3 Å². The van der Waals surface area contributed by atoms with Gasteiger partial charge in [-0.2, -0.15) is 0 Å². The molecule has 1 saturated heterocycles. The predicted molar refractivity (Wildman–Crippen MR) is 86.9 cm³/mol. The van der Waals surface area contributed by atoms with Gasteiger partial charge in [-0.15, -0.1) is 0 Å². The van der Waals surface area contributed by atoms with Crippen molar-refractivity contribution in [3.8, 4) is 11.5 Å². The van der Waals surface area contributed by atoms with E-state index >= 15 is 0 Å². The van der Waals surface area contributed by atoms with Crippen molar-refractivity contribution < 1.29 is 19.4 Å². The highest BCUT2D eigenvalue weighted by molar-refractivity contribution is 5.91. The van der Waals surface area contributed by atoms with Crippen LogP contribution in [-0.4, -0.2) is 56.4 Å². The lowest BCUT2D eigenvalue weighted by Gasteiger charge is -2.24. The highest BCUT2D eigenvalue weighted by atomic mass is 16.5. The number of nitrogens with one attached hydrogen (secondary N) is 2. The molecular formula is C16H25N3O4. The molecule has 7 nitrogen and oxygen atoms in total. The number of hydrogen-bond donors (Lipinski definition) is 3. The van der Waals surface area contributed by atoms with Crippen molar-refractivity contribution in [2.45, 2.75) is 19.5 Å². The van der Waals surface area contributed by atoms with Crippen molar-refractivity contribution in [1.29, 1.82) is 0 Å². The van der Waals surface area contributed by atoms with E-state index in [9.17, 15) is 9.90 Å². The van der Waals surface area contributed by atoms with Crippen LogP contribution >= 0.6 is 0 Å². The fourth-order valence-electron chi connectivity index (χ4n) is 2.88. The summed E-state index contributed by atoms with van der Waals surface area (Å²) in [5.74, 6) is 0.494. The molecule has 128 valence electrons. The van der Waals surface area contributed by atoms with Gasteiger partial charge >= 0.3 is 5.97 Å². The maximum absolute atomic E-state index is 11.6. The van der Waals surface area contributed by atoms with Crippen LogP contribution < -0.4 is 20.3 Å². The molecule has 1 aromatic carbocycles. The molecule has 1 heterocycles. The van der Waals surface area contributed by atoms with Crippen molar-refractivity contribution in [2.75, 3.05) is 34.4 Å². The first-order valence-corrected chi connectivity index (χ1v) is 7.61. The van der Waals surface area contributed by atoms with E-state index in [1.54, 1.807) is 6.07 Å². The van der Waals surface area contributed by atoms with Gasteiger partial charge in [0.25, 0.3) is 0 Å². The van der Waals surface area contributed by atoms with Gasteiger partial charge in [-0.1, -0.05) is 0 Å². The molecule has 1 aliphatic heterocycles. The van der Waals surface area contributed by atoms with Gasteiger partial charge in [-0.05, 0) is 20.0 Å². The summed E-state index contributed by atoms with van der Waals surface area (Å²) in [7, 11) is 5.03. The van der Waals surface area contributed by atoms with Gasteiger partial charge in [-0.3, -0.25) is 10.9 Å². The van der Waals surface area contributed by atoms with Crippen LogP contribution in [0.25, 0.3) is 0 Å². The van der Waals surface area contributed by atoms with E-state index in [0.29, 0.717) is 35.6 Å². The van der Waals surface area contributed by atoms with Gasteiger partial charge in [0.15, 0.2) is 0 Å². The van der Waals surface area contributed by atoms with Crippen LogP contribution in [0.4, 0.5) is 0 Å². The molecule has 0 saturated carbocycles. The average molecular weight is 323 g/mol. The third kappa shape index (κ3) is 4.13. The summed E-state index contributed by atoms with van der Waals surface area (Å²) in [5, 5.41) is 9.50. The molecule has 1 aromatic rings. The van der Waals surface area contributed by atoms with Gasteiger partial charge in [0, 0.05) is 43.2 Å². The van der Waals surface area contributed by atoms with Crippen LogP contribution in [0.2, 0.25) is 0 Å². The van der Waals surface area contributed by atoms with Gasteiger partial charge in [0.1, 0.15) is 11.5 Å². The summed E-state index contributed by atoms with van der Waals surface area (Å²) in [5.41, 5.74) is 7.21. The zero-order valence-electron chi connectivity index (χ0n) is 14.0. The minimum atomic E-state index is -0.983. The lowest BCUT2D eigenvalue weighted by atomic mass is 10.0. The van der Waals surface area contributed by atoms with Crippen molar-refractivity contribution in [1.82, 2.24) is 15.8 Å². The molecule has 3 N–H and O–H groups in total. The molecule has 1 aliphatic rings. The number of methoxy groups -OCH3 is 2. The maximum atomic E-state index is 11.6. The van der Waals surface area contributed by atoms with Crippen molar-refractivity contribution >= 4 is 5.97 Å². The van der Waals surface area contributed by atoms with Crippen LogP contribution in [-0.2, 0) is 6.54 Å². The summed E-state index contributed by atoms with van der Waals surface area (Å²) in [6.45, 7) is 4.39. The smallest absolute Gasteiger partial charge is 0.336 e. The average Bonchev–Trinajstić information content (AvgIpc) is 2.92. The standard InChI is InChI=1S/C16H25N3O4/c1-10-11(7-17-18-10)8-19(2)9-14-13(16(20)21)5-12(22-3)6-15(14)23-4/h5-6,10-11,17-18H,7-9H2,1-4H3,(H,20,21). The van der Waals surface area contributed by atoms with Gasteiger partial charge < -0.3 is 19.5 Å². The molecule has 7 heteroatoms. The van der Waals surface area contributed by atoms with Crippen LogP contribution in [0.3, 0.4) is 0 Å². The third-order valence-corrected chi connectivity index (χ3v) is 4.24. The molecule has 0 bridgehead atoms. The Labute approximate surface area is 136 Å². The maximum Gasteiger partial charge on any atom is 0.336 e. The summed E-state index contributed by atoms with van der Waals surface area (Å²) < 4.78 is 10.5. The summed E-state index contributed by atoms with van der Waals surface area (Å²) in [6, 6.07) is 3.64. The number of hydrogen-bond acceptors (Lipinski definition) is 6. The number of carboxylic acid groups (broad SMARTS) is 1. The summed E-state index contributed by atoms with van der Waals surface area (Å²) in [6.07, 6.45) is 0. The molecular weight excluding hydrogens is 298 g/mol. The van der Waals surface area contributed by atoms with Gasteiger partial charge in [-0.25, -0.2) is 4.79 Å². The third-order valence-electron chi connectivity index (χ3n) is 4.24. The van der Waals surface area contributed by atoms with E-state index in [-0.39, 0.29) is 5.56 Å². The van der Waals surface area contributed by atoms with Gasteiger partial charge in [0.05, 0.1) is 19.8 Å². The molecule has 0 aliphatic carbocycles. The molecule has 0 aromatic heterocycles. The molecule has 0 spiro atoms. The van der Waals surface area contributed by atoms with Gasteiger partial charge in [0.2, 0.25) is 0 Å². The lowest BCUT2D eigenvalue weighted by molar-refractivity contribution is 0.0693. The Bertz CT molecular complexity index is 565. The van der Waals surface area contributed by atoms with E-state index in [4.69, 9.17) is 9.47 Å². The van der Waals surface area contributed by atoms with E-state index < -0.39 is 5.97 Å². The van der Waals surface area contributed by atoms with Crippen molar-refractivity contribution in [3.63, 3.8) is 0 Å². The second-order valence-corrected chi connectivity index (χ2v) is 5.93. The predicted octanol–water partition coefficient (Wildman–Crippen LogP) is 0.946. The van der Waals surface area contributed by atoms with Crippen molar-refractivity contribution in [3.05, 3.63) is 23.3 Å². The molecule has 1 fully saturated rings. The molecule has 23 heavy (non-hydrogen) atoms. The molecule has 0 amide bonds. The fourth-order valence-corrected chi connectivity index (χ4v) is 2.88. The molecule has 0 radical (unpaired) electrons. The Kier molecular flexibility index (Phi) is 5.81. The number of rotatable bonds is 7. The first-order valence-electron chi connectivity index (χ1n) is 7.61. The quantitative estimate of drug-likeness (QED) is 0.689. The number of carboxylic acids is 1. The minimum Gasteiger partial charge on any atom is -0.497 e. The van der Waals surface area contributed by atoms with E-state index in [0.717, 1.165) is 13.1 Å². The summed E-state index contributed by atoms with van der Waals surface area (Å²) in [4.78, 5) is 13.7. The SMILES string of the molecule is COc1cc(OC)c(CN(C)CC2CNNC2C)c(C(=O)O)c1. The van der Waals surface area contributed by atoms with E-state index in [2.05, 4.69) is 22.7 Å².